The van der Waals surface area contributed by atoms with Crippen molar-refractivity contribution in [1.82, 2.24) is 19.5 Å². The Hall–Kier alpha value is -2.07. The SMILES string of the molecule is CC(=O)OC[C@H]1O[C@@H](n2cnc3cncnc32)[C@H](OC(C)=O)[C@H]1Br. The number of fused-ring (bicyclic) bond motifs is 1. The smallest absolute Gasteiger partial charge is 0.303 e. The van der Waals surface area contributed by atoms with E-state index in [1.807, 2.05) is 0 Å². The van der Waals surface area contributed by atoms with E-state index in [9.17, 15) is 9.59 Å². The van der Waals surface area contributed by atoms with Gasteiger partial charge in [-0.2, -0.15) is 0 Å². The second-order valence-electron chi connectivity index (χ2n) is 5.27. The Bertz CT molecular complexity index is 766. The van der Waals surface area contributed by atoms with Crippen molar-refractivity contribution in [2.75, 3.05) is 6.61 Å². The number of hydrogen-bond acceptors (Lipinski definition) is 8. The molecule has 0 aromatic carbocycles. The molecule has 0 spiro atoms. The molecule has 128 valence electrons. The van der Waals surface area contributed by atoms with Crippen LogP contribution in [0.4, 0.5) is 0 Å². The zero-order valence-electron chi connectivity index (χ0n) is 13.0. The topological polar surface area (TPSA) is 105 Å². The van der Waals surface area contributed by atoms with Crippen LogP contribution in [-0.4, -0.2) is 55.1 Å². The van der Waals surface area contributed by atoms with Crippen molar-refractivity contribution in [3.05, 3.63) is 18.9 Å². The largest absolute Gasteiger partial charge is 0.463 e. The van der Waals surface area contributed by atoms with Crippen LogP contribution >= 0.6 is 15.9 Å². The van der Waals surface area contributed by atoms with Crippen LogP contribution in [0.2, 0.25) is 0 Å². The summed E-state index contributed by atoms with van der Waals surface area (Å²) < 4.78 is 18.0. The quantitative estimate of drug-likeness (QED) is 0.554. The Morgan fingerprint density at radius 2 is 2.12 bits per heavy atom. The van der Waals surface area contributed by atoms with E-state index in [4.69, 9.17) is 14.2 Å². The molecule has 2 aromatic heterocycles. The number of carbonyl (C=O) groups is 2. The van der Waals surface area contributed by atoms with Gasteiger partial charge in [0.05, 0.1) is 17.4 Å². The molecule has 2 aromatic rings. The summed E-state index contributed by atoms with van der Waals surface area (Å²) in [6.07, 6.45) is 2.76. The molecule has 24 heavy (non-hydrogen) atoms. The number of halogens is 1. The molecule has 1 aliphatic rings. The lowest BCUT2D eigenvalue weighted by Crippen LogP contribution is -2.33. The molecule has 0 N–H and O–H groups in total. The summed E-state index contributed by atoms with van der Waals surface area (Å²) in [5.74, 6) is -0.850. The van der Waals surface area contributed by atoms with E-state index >= 15 is 0 Å². The number of ether oxygens (including phenoxy) is 3. The Kier molecular flexibility index (Phi) is 4.76. The summed E-state index contributed by atoms with van der Waals surface area (Å²) >= 11 is 3.48. The van der Waals surface area contributed by atoms with Crippen LogP contribution in [0.25, 0.3) is 11.2 Å². The number of aromatic nitrogens is 4. The first-order valence-corrected chi connectivity index (χ1v) is 8.11. The summed E-state index contributed by atoms with van der Waals surface area (Å²) in [7, 11) is 0. The molecule has 4 atom stereocenters. The van der Waals surface area contributed by atoms with Crippen molar-refractivity contribution in [1.29, 1.82) is 0 Å². The second kappa shape index (κ2) is 6.81. The Morgan fingerprint density at radius 1 is 1.33 bits per heavy atom. The number of imidazole rings is 1. The standard InChI is InChI=1S/C14H15BrN4O5/c1-7(20)22-4-10-11(15)12(23-8(2)21)14(24-10)19-6-18-9-3-16-5-17-13(9)19/h3,5-6,10-12,14H,4H2,1-2H3/t10-,11+,12-,14-/m1/s1. The number of nitrogens with zero attached hydrogens (tertiary/aromatic N) is 4. The predicted octanol–water partition coefficient (Wildman–Crippen LogP) is 0.982. The van der Waals surface area contributed by atoms with Gasteiger partial charge >= 0.3 is 11.9 Å². The third-order valence-corrected chi connectivity index (χ3v) is 4.64. The second-order valence-corrected chi connectivity index (χ2v) is 6.33. The molecule has 0 bridgehead atoms. The van der Waals surface area contributed by atoms with E-state index in [0.29, 0.717) is 11.2 Å². The van der Waals surface area contributed by atoms with Crippen molar-refractivity contribution in [2.24, 2.45) is 0 Å². The first-order chi connectivity index (χ1) is 11.5. The molecule has 0 radical (unpaired) electrons. The van der Waals surface area contributed by atoms with Crippen molar-refractivity contribution in [2.45, 2.75) is 37.1 Å². The summed E-state index contributed by atoms with van der Waals surface area (Å²) in [6, 6.07) is 0. The third kappa shape index (κ3) is 3.24. The number of hydrogen-bond donors (Lipinski definition) is 0. The lowest BCUT2D eigenvalue weighted by Gasteiger charge is -2.21. The molecule has 9 nitrogen and oxygen atoms in total. The van der Waals surface area contributed by atoms with Crippen LogP contribution in [0.15, 0.2) is 18.9 Å². The Morgan fingerprint density at radius 3 is 2.83 bits per heavy atom. The maximum Gasteiger partial charge on any atom is 0.303 e. The molecule has 1 saturated heterocycles. The van der Waals surface area contributed by atoms with Gasteiger partial charge in [0.2, 0.25) is 0 Å². The molecule has 0 unspecified atom stereocenters. The van der Waals surface area contributed by atoms with E-state index < -0.39 is 30.4 Å². The summed E-state index contributed by atoms with van der Waals surface area (Å²) in [4.78, 5) is 34.5. The molecule has 0 aliphatic carbocycles. The highest BCUT2D eigenvalue weighted by molar-refractivity contribution is 9.09. The fourth-order valence-electron chi connectivity index (χ4n) is 2.54. The molecule has 0 amide bonds. The van der Waals surface area contributed by atoms with Crippen LogP contribution in [0, 0.1) is 0 Å². The van der Waals surface area contributed by atoms with Crippen molar-refractivity contribution in [3.63, 3.8) is 0 Å². The van der Waals surface area contributed by atoms with Gasteiger partial charge in [0.1, 0.15) is 24.6 Å². The maximum atomic E-state index is 11.5. The third-order valence-electron chi connectivity index (χ3n) is 3.53. The normalized spacial score (nSPS) is 26.5. The van der Waals surface area contributed by atoms with Gasteiger partial charge in [0.25, 0.3) is 0 Å². The molecular formula is C14H15BrN4O5. The van der Waals surface area contributed by atoms with Gasteiger partial charge in [-0.1, -0.05) is 15.9 Å². The molecule has 0 saturated carbocycles. The van der Waals surface area contributed by atoms with Crippen LogP contribution in [0.1, 0.15) is 20.1 Å². The number of esters is 2. The van der Waals surface area contributed by atoms with E-state index in [-0.39, 0.29) is 11.4 Å². The van der Waals surface area contributed by atoms with Gasteiger partial charge in [0.15, 0.2) is 18.0 Å². The zero-order valence-corrected chi connectivity index (χ0v) is 14.5. The molecule has 1 fully saturated rings. The average Bonchev–Trinajstić information content (AvgIpc) is 3.08. The summed E-state index contributed by atoms with van der Waals surface area (Å²) in [6.45, 7) is 2.69. The average molecular weight is 399 g/mol. The van der Waals surface area contributed by atoms with Crippen molar-refractivity contribution in [3.8, 4) is 0 Å². The monoisotopic (exact) mass is 398 g/mol. The molecular weight excluding hydrogens is 384 g/mol. The lowest BCUT2D eigenvalue weighted by atomic mass is 10.2. The first kappa shape index (κ1) is 16.8. The maximum absolute atomic E-state index is 11.5. The van der Waals surface area contributed by atoms with Crippen molar-refractivity contribution < 1.29 is 23.8 Å². The van der Waals surface area contributed by atoms with Gasteiger partial charge in [-0.25, -0.2) is 15.0 Å². The minimum Gasteiger partial charge on any atom is -0.463 e. The summed E-state index contributed by atoms with van der Waals surface area (Å²) in [5, 5.41) is 0. The molecule has 1 aliphatic heterocycles. The lowest BCUT2D eigenvalue weighted by molar-refractivity contribution is -0.152. The highest BCUT2D eigenvalue weighted by Crippen LogP contribution is 2.37. The number of rotatable bonds is 4. The van der Waals surface area contributed by atoms with E-state index in [2.05, 4.69) is 30.9 Å². The number of carbonyl (C=O) groups excluding carboxylic acids is 2. The predicted molar refractivity (Wildman–Crippen MR) is 84.1 cm³/mol. The van der Waals surface area contributed by atoms with Crippen LogP contribution in [0.3, 0.4) is 0 Å². The Labute approximate surface area is 145 Å². The minimum absolute atomic E-state index is 0.0428. The zero-order chi connectivity index (χ0) is 17.3. The van der Waals surface area contributed by atoms with Gasteiger partial charge in [-0.05, 0) is 0 Å². The minimum atomic E-state index is -0.654. The van der Waals surface area contributed by atoms with Gasteiger partial charge in [0, 0.05) is 13.8 Å². The fourth-order valence-corrected chi connectivity index (χ4v) is 3.19. The van der Waals surface area contributed by atoms with Crippen molar-refractivity contribution >= 4 is 39.0 Å². The van der Waals surface area contributed by atoms with E-state index in [1.165, 1.54) is 20.2 Å². The molecule has 3 heterocycles. The highest BCUT2D eigenvalue weighted by atomic mass is 79.9. The first-order valence-electron chi connectivity index (χ1n) is 7.20. The van der Waals surface area contributed by atoms with Gasteiger partial charge < -0.3 is 14.2 Å². The van der Waals surface area contributed by atoms with Crippen LogP contribution in [-0.2, 0) is 23.8 Å². The van der Waals surface area contributed by atoms with E-state index in [0.717, 1.165) is 0 Å². The van der Waals surface area contributed by atoms with Gasteiger partial charge in [-0.3, -0.25) is 14.2 Å². The van der Waals surface area contributed by atoms with Crippen LogP contribution in [0.5, 0.6) is 0 Å². The molecule has 10 heteroatoms. The highest BCUT2D eigenvalue weighted by Gasteiger charge is 2.47. The fraction of sp³-hybridized carbons (Fsp3) is 0.500. The summed E-state index contributed by atoms with van der Waals surface area (Å²) in [5.41, 5.74) is 1.15. The van der Waals surface area contributed by atoms with Gasteiger partial charge in [-0.15, -0.1) is 0 Å². The molecule has 3 rings (SSSR count). The number of alkyl halides is 1. The van der Waals surface area contributed by atoms with Crippen LogP contribution < -0.4 is 0 Å². The Balaban J connectivity index is 1.91. The van der Waals surface area contributed by atoms with E-state index in [1.54, 1.807) is 17.1 Å².